The molecule has 104 valence electrons. The van der Waals surface area contributed by atoms with Crippen LogP contribution < -0.4 is 10.4 Å². The summed E-state index contributed by atoms with van der Waals surface area (Å²) in [5.41, 5.74) is 0. The van der Waals surface area contributed by atoms with Gasteiger partial charge in [-0.1, -0.05) is 36.0 Å². The summed E-state index contributed by atoms with van der Waals surface area (Å²) in [6.45, 7) is 10.3. The molecule has 0 spiro atoms. The van der Waals surface area contributed by atoms with Crippen molar-refractivity contribution in [3.63, 3.8) is 0 Å². The van der Waals surface area contributed by atoms with Crippen molar-refractivity contribution in [1.82, 2.24) is 0 Å². The molecule has 1 aromatic carbocycles. The van der Waals surface area contributed by atoms with E-state index in [1.165, 1.54) is 5.19 Å². The lowest BCUT2D eigenvalue weighted by atomic mass is 10.4. The zero-order chi connectivity index (χ0) is 13.6. The van der Waals surface area contributed by atoms with E-state index in [0.717, 1.165) is 6.61 Å². The largest absolute Gasteiger partial charge is 0.419 e. The Morgan fingerprint density at radius 2 is 1.33 bits per heavy atom. The average Bonchev–Trinajstić information content (AvgIpc) is 2.44. The number of hydrogen-bond acceptors (Lipinski definition) is 3. The Hall–Kier alpha value is -0.466. The first-order chi connectivity index (χ1) is 8.78. The number of hydrogen-bond donors (Lipinski definition) is 0. The third-order valence-electron chi connectivity index (χ3n) is 2.22. The maximum Gasteiger partial charge on any atom is 0.192 e. The molecule has 0 saturated heterocycles. The van der Waals surface area contributed by atoms with Crippen LogP contribution in [0.5, 0.6) is 0 Å². The molecule has 1 rings (SSSR count). The molecular weight excluding hydrogens is 260 g/mol. The Morgan fingerprint density at radius 3 is 1.72 bits per heavy atom. The summed E-state index contributed by atoms with van der Waals surface area (Å²) in [6.07, 6.45) is 0. The summed E-state index contributed by atoms with van der Waals surface area (Å²) in [5, 5.41) is 2.97. The van der Waals surface area contributed by atoms with Crippen LogP contribution >= 0.6 is 0 Å². The standard InChI is InChI=1S/C9H16OSi2.C4H10O2/c1-3-10-12-9-6-4-8(11-2)5-7-9;1-3-5-6-4-2/h4-7H,3,11-12H2,1-2H3;3-4H2,1-2H3. The van der Waals surface area contributed by atoms with Crippen LogP contribution in [0.15, 0.2) is 24.3 Å². The van der Waals surface area contributed by atoms with E-state index in [-0.39, 0.29) is 9.52 Å². The Morgan fingerprint density at radius 1 is 0.833 bits per heavy atom. The molecular formula is C13H26O3Si2. The Bertz CT molecular complexity index is 274. The van der Waals surface area contributed by atoms with E-state index in [1.54, 1.807) is 5.19 Å². The van der Waals surface area contributed by atoms with Gasteiger partial charge in [-0.05, 0) is 26.0 Å². The molecule has 18 heavy (non-hydrogen) atoms. The molecule has 0 radical (unpaired) electrons. The van der Waals surface area contributed by atoms with Crippen LogP contribution in [0.1, 0.15) is 20.8 Å². The average molecular weight is 287 g/mol. The van der Waals surface area contributed by atoms with Gasteiger partial charge in [0.1, 0.15) is 0 Å². The molecule has 0 aromatic heterocycles. The molecule has 0 amide bonds. The van der Waals surface area contributed by atoms with Gasteiger partial charge in [0.25, 0.3) is 0 Å². The first kappa shape index (κ1) is 17.5. The van der Waals surface area contributed by atoms with Gasteiger partial charge in [-0.25, -0.2) is 9.78 Å². The SMILES string of the molecule is CCOOCC.CCO[SiH2]c1ccc([SiH2]C)cc1. The van der Waals surface area contributed by atoms with Gasteiger partial charge >= 0.3 is 0 Å². The highest BCUT2D eigenvalue weighted by Crippen LogP contribution is 1.80. The molecule has 0 saturated carbocycles. The molecule has 0 bridgehead atoms. The first-order valence-electron chi connectivity index (χ1n) is 6.68. The molecule has 0 fully saturated rings. The normalized spacial score (nSPS) is 11.1. The summed E-state index contributed by atoms with van der Waals surface area (Å²) in [6, 6.07) is 8.97. The van der Waals surface area contributed by atoms with Gasteiger partial charge in [0.15, 0.2) is 9.76 Å². The first-order valence-corrected chi connectivity index (χ1v) is 10.1. The van der Waals surface area contributed by atoms with Crippen LogP contribution in [-0.2, 0) is 14.2 Å². The Kier molecular flexibility index (Phi) is 12.6. The lowest BCUT2D eigenvalue weighted by molar-refractivity contribution is -0.287. The fraction of sp³-hybridized carbons (Fsp3) is 0.538. The van der Waals surface area contributed by atoms with Crippen molar-refractivity contribution >= 4 is 29.7 Å². The van der Waals surface area contributed by atoms with Crippen LogP contribution in [-0.4, -0.2) is 39.1 Å². The van der Waals surface area contributed by atoms with Crippen LogP contribution in [0.2, 0.25) is 6.55 Å². The maximum absolute atomic E-state index is 5.44. The van der Waals surface area contributed by atoms with Gasteiger partial charge < -0.3 is 4.43 Å². The van der Waals surface area contributed by atoms with Crippen molar-refractivity contribution in [3.8, 4) is 0 Å². The van der Waals surface area contributed by atoms with Crippen LogP contribution in [0.25, 0.3) is 0 Å². The lowest BCUT2D eigenvalue weighted by Crippen LogP contribution is -2.20. The highest BCUT2D eigenvalue weighted by molar-refractivity contribution is 6.52. The topological polar surface area (TPSA) is 27.7 Å². The van der Waals surface area contributed by atoms with Gasteiger partial charge in [0.05, 0.1) is 22.7 Å². The van der Waals surface area contributed by atoms with Crippen molar-refractivity contribution in [2.24, 2.45) is 0 Å². The zero-order valence-corrected chi connectivity index (χ0v) is 14.9. The molecule has 0 aliphatic carbocycles. The quantitative estimate of drug-likeness (QED) is 0.311. The van der Waals surface area contributed by atoms with Gasteiger partial charge in [-0.15, -0.1) is 0 Å². The molecule has 5 heteroatoms. The van der Waals surface area contributed by atoms with E-state index in [9.17, 15) is 0 Å². The summed E-state index contributed by atoms with van der Waals surface area (Å²) in [7, 11) is -0.389. The van der Waals surface area contributed by atoms with Crippen molar-refractivity contribution in [2.45, 2.75) is 27.3 Å². The van der Waals surface area contributed by atoms with Crippen molar-refractivity contribution in [2.75, 3.05) is 19.8 Å². The summed E-state index contributed by atoms with van der Waals surface area (Å²) in [5.74, 6) is 0. The van der Waals surface area contributed by atoms with Gasteiger partial charge in [0.2, 0.25) is 0 Å². The predicted octanol–water partition coefficient (Wildman–Crippen LogP) is 0.249. The number of benzene rings is 1. The van der Waals surface area contributed by atoms with E-state index in [4.69, 9.17) is 4.43 Å². The van der Waals surface area contributed by atoms with Gasteiger partial charge in [0, 0.05) is 6.61 Å². The minimum absolute atomic E-state index is 0.0307. The lowest BCUT2D eigenvalue weighted by Gasteiger charge is -2.01. The van der Waals surface area contributed by atoms with E-state index in [0.29, 0.717) is 13.2 Å². The second-order valence-corrected chi connectivity index (χ2v) is 6.66. The number of rotatable bonds is 7. The summed E-state index contributed by atoms with van der Waals surface area (Å²) >= 11 is 0. The minimum Gasteiger partial charge on any atom is -0.419 e. The predicted molar refractivity (Wildman–Crippen MR) is 83.5 cm³/mol. The smallest absolute Gasteiger partial charge is 0.192 e. The van der Waals surface area contributed by atoms with E-state index >= 15 is 0 Å². The van der Waals surface area contributed by atoms with Crippen molar-refractivity contribution < 1.29 is 14.2 Å². The maximum atomic E-state index is 5.44. The Labute approximate surface area is 116 Å². The molecule has 3 nitrogen and oxygen atoms in total. The molecule has 0 atom stereocenters. The van der Waals surface area contributed by atoms with Gasteiger partial charge in [-0.3, -0.25) is 0 Å². The molecule has 0 aliphatic heterocycles. The van der Waals surface area contributed by atoms with Crippen LogP contribution in [0.4, 0.5) is 0 Å². The molecule has 0 unspecified atom stereocenters. The van der Waals surface area contributed by atoms with Crippen molar-refractivity contribution in [1.29, 1.82) is 0 Å². The van der Waals surface area contributed by atoms with Gasteiger partial charge in [-0.2, -0.15) is 0 Å². The molecule has 0 heterocycles. The van der Waals surface area contributed by atoms with E-state index in [1.807, 2.05) is 13.8 Å². The molecule has 0 aliphatic rings. The van der Waals surface area contributed by atoms with E-state index in [2.05, 4.69) is 47.5 Å². The Balaban J connectivity index is 0.000000411. The third kappa shape index (κ3) is 9.55. The van der Waals surface area contributed by atoms with Crippen molar-refractivity contribution in [3.05, 3.63) is 24.3 Å². The second kappa shape index (κ2) is 13.0. The fourth-order valence-corrected chi connectivity index (χ4v) is 2.83. The monoisotopic (exact) mass is 286 g/mol. The van der Waals surface area contributed by atoms with Crippen LogP contribution in [0.3, 0.4) is 0 Å². The second-order valence-electron chi connectivity index (χ2n) is 3.62. The summed E-state index contributed by atoms with van der Waals surface area (Å²) in [4.78, 5) is 8.97. The highest BCUT2D eigenvalue weighted by atomic mass is 28.2. The zero-order valence-electron chi connectivity index (χ0n) is 12.1. The summed E-state index contributed by atoms with van der Waals surface area (Å²) < 4.78 is 5.44. The fourth-order valence-electron chi connectivity index (χ4n) is 1.26. The minimum atomic E-state index is -0.420. The van der Waals surface area contributed by atoms with E-state index < -0.39 is 9.76 Å². The molecule has 1 aromatic rings. The molecule has 0 N–H and O–H groups in total. The van der Waals surface area contributed by atoms with Crippen LogP contribution in [0, 0.1) is 0 Å². The highest BCUT2D eigenvalue weighted by Gasteiger charge is 1.93. The third-order valence-corrected chi connectivity index (χ3v) is 4.93.